The second kappa shape index (κ2) is 4.31. The average molecular weight is 325 g/mol. The fourth-order valence-corrected chi connectivity index (χ4v) is 2.56. The Morgan fingerprint density at radius 1 is 1.21 bits per heavy atom. The van der Waals surface area contributed by atoms with Crippen LogP contribution in [0.5, 0.6) is 5.88 Å². The maximum absolute atomic E-state index is 13.7. The quantitative estimate of drug-likeness (QED) is 0.711. The third-order valence-electron chi connectivity index (χ3n) is 2.80. The molecule has 0 spiro atoms. The van der Waals surface area contributed by atoms with Crippen LogP contribution in [-0.4, -0.2) is 15.1 Å². The molecule has 0 fully saturated rings. The van der Waals surface area contributed by atoms with E-state index in [0.29, 0.717) is 15.4 Å². The van der Waals surface area contributed by atoms with Crippen molar-refractivity contribution in [3.63, 3.8) is 0 Å². The molecule has 0 amide bonds. The van der Waals surface area contributed by atoms with Crippen LogP contribution < -0.4 is 0 Å². The van der Waals surface area contributed by atoms with Crippen LogP contribution in [-0.2, 0) is 0 Å². The summed E-state index contributed by atoms with van der Waals surface area (Å²) in [6.07, 6.45) is 1.47. The van der Waals surface area contributed by atoms with Gasteiger partial charge >= 0.3 is 0 Å². The minimum absolute atomic E-state index is 0.0464. The first-order valence-corrected chi connectivity index (χ1v) is 6.18. The number of pyridine rings is 1. The summed E-state index contributed by atoms with van der Waals surface area (Å²) in [6, 6.07) is 5.11. The largest absolute Gasteiger partial charge is 0.494 e. The monoisotopic (exact) mass is 324 g/mol. The Morgan fingerprint density at radius 2 is 1.89 bits per heavy atom. The van der Waals surface area contributed by atoms with Gasteiger partial charge in [0.05, 0.1) is 22.2 Å². The number of fused-ring (bicyclic) bond motifs is 1. The molecule has 3 aromatic rings. The van der Waals surface area contributed by atoms with Crippen LogP contribution in [0, 0.1) is 11.6 Å². The first kappa shape index (κ1) is 12.1. The van der Waals surface area contributed by atoms with Gasteiger partial charge in [-0.05, 0) is 34.1 Å². The third kappa shape index (κ3) is 1.88. The van der Waals surface area contributed by atoms with Gasteiger partial charge in [0.15, 0.2) is 5.88 Å². The van der Waals surface area contributed by atoms with Crippen molar-refractivity contribution in [2.24, 2.45) is 0 Å². The summed E-state index contributed by atoms with van der Waals surface area (Å²) in [4.78, 5) is 6.75. The second-order valence-corrected chi connectivity index (χ2v) is 4.84. The van der Waals surface area contributed by atoms with Crippen LogP contribution in [0.15, 0.2) is 34.9 Å². The van der Waals surface area contributed by atoms with Crippen LogP contribution in [0.3, 0.4) is 0 Å². The highest BCUT2D eigenvalue weighted by Gasteiger charge is 2.16. The Bertz CT molecular complexity index is 765. The van der Waals surface area contributed by atoms with Gasteiger partial charge in [-0.15, -0.1) is 0 Å². The van der Waals surface area contributed by atoms with Gasteiger partial charge < -0.3 is 10.1 Å². The van der Waals surface area contributed by atoms with Crippen molar-refractivity contribution in [2.75, 3.05) is 0 Å². The minimum Gasteiger partial charge on any atom is -0.494 e. The standard InChI is InChI=1S/C13H7BrF2N2O/c14-6-4-9(12-7(15)2-1-3-8(12)16)18-10-5-17-13(19)11(6)10/h1-5,17,19H. The fourth-order valence-electron chi connectivity index (χ4n) is 1.95. The molecule has 2 N–H and O–H groups in total. The lowest BCUT2D eigenvalue weighted by Gasteiger charge is -2.05. The van der Waals surface area contributed by atoms with Gasteiger partial charge in [-0.1, -0.05) is 6.07 Å². The molecule has 0 aliphatic rings. The molecule has 0 unspecified atom stereocenters. The molecule has 19 heavy (non-hydrogen) atoms. The van der Waals surface area contributed by atoms with Gasteiger partial charge in [0.1, 0.15) is 11.6 Å². The lowest BCUT2D eigenvalue weighted by atomic mass is 10.1. The Kier molecular flexibility index (Phi) is 2.74. The van der Waals surface area contributed by atoms with Gasteiger partial charge in [0, 0.05) is 10.7 Å². The summed E-state index contributed by atoms with van der Waals surface area (Å²) in [5, 5.41) is 10.1. The highest BCUT2D eigenvalue weighted by Crippen LogP contribution is 2.34. The van der Waals surface area contributed by atoms with E-state index in [4.69, 9.17) is 0 Å². The van der Waals surface area contributed by atoms with Crippen molar-refractivity contribution < 1.29 is 13.9 Å². The van der Waals surface area contributed by atoms with E-state index in [9.17, 15) is 13.9 Å². The molecule has 3 rings (SSSR count). The van der Waals surface area contributed by atoms with Gasteiger partial charge in [-0.2, -0.15) is 0 Å². The molecule has 2 aromatic heterocycles. The summed E-state index contributed by atoms with van der Waals surface area (Å²) >= 11 is 3.26. The number of rotatable bonds is 1. The lowest BCUT2D eigenvalue weighted by molar-refractivity contribution is 0.462. The number of aromatic hydroxyl groups is 1. The predicted molar refractivity (Wildman–Crippen MR) is 70.8 cm³/mol. The second-order valence-electron chi connectivity index (χ2n) is 3.98. The number of aromatic nitrogens is 2. The van der Waals surface area contributed by atoms with Gasteiger partial charge in [-0.3, -0.25) is 0 Å². The molecule has 0 atom stereocenters. The summed E-state index contributed by atoms with van der Waals surface area (Å²) in [7, 11) is 0. The number of halogens is 3. The average Bonchev–Trinajstić information content (AvgIpc) is 2.71. The molecule has 0 aliphatic heterocycles. The lowest BCUT2D eigenvalue weighted by Crippen LogP contribution is -1.92. The zero-order chi connectivity index (χ0) is 13.6. The van der Waals surface area contributed by atoms with E-state index in [1.807, 2.05) is 0 Å². The molecule has 3 nitrogen and oxygen atoms in total. The number of nitrogens with one attached hydrogen (secondary N) is 1. The molecule has 6 heteroatoms. The molecule has 0 aliphatic carbocycles. The Hall–Kier alpha value is -1.95. The molecule has 0 bridgehead atoms. The molecule has 1 aromatic carbocycles. The number of hydrogen-bond donors (Lipinski definition) is 2. The van der Waals surface area contributed by atoms with E-state index in [1.54, 1.807) is 0 Å². The van der Waals surface area contributed by atoms with Crippen molar-refractivity contribution in [1.82, 2.24) is 9.97 Å². The van der Waals surface area contributed by atoms with Crippen LogP contribution >= 0.6 is 15.9 Å². The van der Waals surface area contributed by atoms with Crippen molar-refractivity contribution in [3.8, 4) is 17.1 Å². The highest BCUT2D eigenvalue weighted by atomic mass is 79.9. The van der Waals surface area contributed by atoms with Crippen molar-refractivity contribution in [3.05, 3.63) is 46.6 Å². The van der Waals surface area contributed by atoms with E-state index in [2.05, 4.69) is 25.9 Å². The number of hydrogen-bond acceptors (Lipinski definition) is 2. The minimum atomic E-state index is -0.682. The summed E-state index contributed by atoms with van der Waals surface area (Å²) < 4.78 is 27.9. The summed E-state index contributed by atoms with van der Waals surface area (Å²) in [5.74, 6) is -1.41. The van der Waals surface area contributed by atoms with Gasteiger partial charge in [0.2, 0.25) is 0 Å². The summed E-state index contributed by atoms with van der Waals surface area (Å²) in [5.41, 5.74) is 0.393. The van der Waals surface area contributed by atoms with Crippen LogP contribution in [0.2, 0.25) is 0 Å². The van der Waals surface area contributed by atoms with Crippen LogP contribution in [0.25, 0.3) is 22.2 Å². The SMILES string of the molecule is Oc1[nH]cc2nc(-c3c(F)cccc3F)cc(Br)c12. The van der Waals surface area contributed by atoms with Crippen LogP contribution in [0.1, 0.15) is 0 Å². The summed E-state index contributed by atoms with van der Waals surface area (Å²) in [6.45, 7) is 0. The number of nitrogens with zero attached hydrogens (tertiary/aromatic N) is 1. The molecular weight excluding hydrogens is 318 g/mol. The first-order valence-electron chi connectivity index (χ1n) is 5.39. The number of H-pyrrole nitrogens is 1. The molecule has 0 saturated carbocycles. The maximum Gasteiger partial charge on any atom is 0.199 e. The Balaban J connectivity index is 2.32. The Labute approximate surface area is 115 Å². The highest BCUT2D eigenvalue weighted by molar-refractivity contribution is 9.10. The normalized spacial score (nSPS) is 11.1. The van der Waals surface area contributed by atoms with Gasteiger partial charge in [-0.25, -0.2) is 13.8 Å². The number of aromatic amines is 1. The van der Waals surface area contributed by atoms with E-state index >= 15 is 0 Å². The zero-order valence-electron chi connectivity index (χ0n) is 9.42. The first-order chi connectivity index (χ1) is 9.08. The van der Waals surface area contributed by atoms with Crippen molar-refractivity contribution >= 4 is 26.8 Å². The van der Waals surface area contributed by atoms with Crippen LogP contribution in [0.4, 0.5) is 8.78 Å². The van der Waals surface area contributed by atoms with E-state index in [-0.39, 0.29) is 17.1 Å². The predicted octanol–water partition coefficient (Wildman–Crippen LogP) is 3.98. The molecular formula is C13H7BrF2N2O. The molecule has 0 radical (unpaired) electrons. The van der Waals surface area contributed by atoms with Crippen molar-refractivity contribution in [1.29, 1.82) is 0 Å². The molecule has 96 valence electrons. The number of benzene rings is 1. The van der Waals surface area contributed by atoms with E-state index in [0.717, 1.165) is 0 Å². The Morgan fingerprint density at radius 3 is 2.58 bits per heavy atom. The molecule has 2 heterocycles. The maximum atomic E-state index is 13.7. The van der Waals surface area contributed by atoms with E-state index < -0.39 is 11.6 Å². The van der Waals surface area contributed by atoms with Gasteiger partial charge in [0.25, 0.3) is 0 Å². The molecule has 0 saturated heterocycles. The third-order valence-corrected chi connectivity index (χ3v) is 3.43. The fraction of sp³-hybridized carbons (Fsp3) is 0. The zero-order valence-corrected chi connectivity index (χ0v) is 11.0. The smallest absolute Gasteiger partial charge is 0.199 e. The topological polar surface area (TPSA) is 48.9 Å². The van der Waals surface area contributed by atoms with Crippen molar-refractivity contribution in [2.45, 2.75) is 0 Å². The van der Waals surface area contributed by atoms with E-state index in [1.165, 1.54) is 30.5 Å².